The van der Waals surface area contributed by atoms with Crippen LogP contribution in [0, 0.1) is 0 Å². The van der Waals surface area contributed by atoms with Crippen molar-refractivity contribution in [3.05, 3.63) is 23.4 Å². The molecule has 5 heteroatoms. The molecule has 20 heavy (non-hydrogen) atoms. The van der Waals surface area contributed by atoms with Crippen LogP contribution in [0.4, 0.5) is 0 Å². The van der Waals surface area contributed by atoms with Gasteiger partial charge in [0, 0.05) is 12.2 Å². The van der Waals surface area contributed by atoms with Gasteiger partial charge in [0.1, 0.15) is 5.03 Å². The highest BCUT2D eigenvalue weighted by molar-refractivity contribution is 8.00. The van der Waals surface area contributed by atoms with Gasteiger partial charge in [0.15, 0.2) is 0 Å². The normalized spacial score (nSPS) is 18.3. The molecule has 1 N–H and O–H groups in total. The lowest BCUT2D eigenvalue weighted by Crippen LogP contribution is -2.39. The summed E-state index contributed by atoms with van der Waals surface area (Å²) in [5.41, 5.74) is 0. The van der Waals surface area contributed by atoms with Crippen LogP contribution in [0.25, 0.3) is 0 Å². The van der Waals surface area contributed by atoms with Crippen LogP contribution >= 0.6 is 23.4 Å². The average Bonchev–Trinajstić information content (AvgIpc) is 2.70. The van der Waals surface area contributed by atoms with Gasteiger partial charge in [-0.3, -0.25) is 4.79 Å². The van der Waals surface area contributed by atoms with E-state index in [-0.39, 0.29) is 11.2 Å². The first-order chi connectivity index (χ1) is 9.66. The molecule has 0 aliphatic heterocycles. The maximum atomic E-state index is 12.2. The molecule has 1 saturated carbocycles. The summed E-state index contributed by atoms with van der Waals surface area (Å²) in [5.74, 6) is 0.0867. The van der Waals surface area contributed by atoms with Crippen molar-refractivity contribution < 1.29 is 4.79 Å². The molecule has 1 amide bonds. The highest BCUT2D eigenvalue weighted by Gasteiger charge is 2.20. The molecule has 110 valence electrons. The van der Waals surface area contributed by atoms with Gasteiger partial charge in [-0.05, 0) is 31.9 Å². The molecular weight excluding hydrogens is 292 g/mol. The van der Waals surface area contributed by atoms with E-state index in [2.05, 4.69) is 10.3 Å². The lowest BCUT2D eigenvalue weighted by Gasteiger charge is -2.19. The Balaban J connectivity index is 1.87. The van der Waals surface area contributed by atoms with E-state index in [4.69, 9.17) is 11.6 Å². The van der Waals surface area contributed by atoms with Crippen molar-refractivity contribution in [2.45, 2.75) is 61.8 Å². The summed E-state index contributed by atoms with van der Waals surface area (Å²) in [5, 5.41) is 4.32. The van der Waals surface area contributed by atoms with E-state index in [1.165, 1.54) is 37.4 Å². The number of hydrogen-bond donors (Lipinski definition) is 1. The molecule has 0 aromatic carbocycles. The smallest absolute Gasteiger partial charge is 0.233 e. The number of halogens is 1. The lowest BCUT2D eigenvalue weighted by atomic mass is 10.1. The summed E-state index contributed by atoms with van der Waals surface area (Å²) >= 11 is 7.49. The quantitative estimate of drug-likeness (QED) is 0.673. The van der Waals surface area contributed by atoms with Crippen LogP contribution < -0.4 is 5.32 Å². The van der Waals surface area contributed by atoms with Crippen molar-refractivity contribution in [2.75, 3.05) is 0 Å². The fourth-order valence-corrected chi connectivity index (χ4v) is 3.49. The number of amides is 1. The van der Waals surface area contributed by atoms with Crippen LogP contribution in [0.2, 0.25) is 5.02 Å². The number of aromatic nitrogens is 1. The molecule has 0 spiro atoms. The van der Waals surface area contributed by atoms with Crippen LogP contribution in [-0.4, -0.2) is 22.2 Å². The molecule has 1 atom stereocenters. The van der Waals surface area contributed by atoms with Crippen LogP contribution in [0.15, 0.2) is 23.4 Å². The Morgan fingerprint density at radius 2 is 2.10 bits per heavy atom. The predicted octanol–water partition coefficient (Wildman–Crippen LogP) is 4.05. The molecule has 3 nitrogen and oxygen atoms in total. The molecule has 0 radical (unpaired) electrons. The van der Waals surface area contributed by atoms with Gasteiger partial charge in [0.05, 0.1) is 10.3 Å². The largest absolute Gasteiger partial charge is 0.352 e. The van der Waals surface area contributed by atoms with Gasteiger partial charge in [-0.15, -0.1) is 0 Å². The van der Waals surface area contributed by atoms with Gasteiger partial charge < -0.3 is 5.32 Å². The summed E-state index contributed by atoms with van der Waals surface area (Å²) in [4.78, 5) is 16.4. The van der Waals surface area contributed by atoms with Gasteiger partial charge in [0.2, 0.25) is 5.91 Å². The summed E-state index contributed by atoms with van der Waals surface area (Å²) in [6.07, 6.45) is 8.93. The van der Waals surface area contributed by atoms with E-state index in [9.17, 15) is 4.79 Å². The van der Waals surface area contributed by atoms with Crippen molar-refractivity contribution in [1.82, 2.24) is 10.3 Å². The Morgan fingerprint density at radius 3 is 2.75 bits per heavy atom. The zero-order valence-electron chi connectivity index (χ0n) is 11.8. The topological polar surface area (TPSA) is 42.0 Å². The van der Waals surface area contributed by atoms with E-state index in [0.717, 1.165) is 17.9 Å². The van der Waals surface area contributed by atoms with E-state index in [1.807, 2.05) is 6.92 Å². The molecular formula is C15H21ClN2OS. The Bertz CT molecular complexity index is 447. The Morgan fingerprint density at radius 1 is 1.40 bits per heavy atom. The zero-order chi connectivity index (χ0) is 14.4. The number of rotatable bonds is 4. The molecule has 1 fully saturated rings. The van der Waals surface area contributed by atoms with Crippen LogP contribution in [-0.2, 0) is 4.79 Å². The van der Waals surface area contributed by atoms with E-state index in [0.29, 0.717) is 11.1 Å². The Hall–Kier alpha value is -0.740. The first-order valence-electron chi connectivity index (χ1n) is 7.24. The average molecular weight is 313 g/mol. The van der Waals surface area contributed by atoms with Crippen molar-refractivity contribution in [3.63, 3.8) is 0 Å². The summed E-state index contributed by atoms with van der Waals surface area (Å²) in [6, 6.07) is 3.93. The number of pyridine rings is 1. The number of nitrogens with zero attached hydrogens (tertiary/aromatic N) is 1. The number of thioether (sulfide) groups is 1. The SMILES string of the molecule is C[C@H](Sc1ncccc1Cl)C(=O)NC1CCCCCC1. The Kier molecular flexibility index (Phi) is 6.17. The van der Waals surface area contributed by atoms with Crippen molar-refractivity contribution in [3.8, 4) is 0 Å². The third-order valence-electron chi connectivity index (χ3n) is 3.58. The van der Waals surface area contributed by atoms with Gasteiger partial charge in [-0.25, -0.2) is 4.98 Å². The molecule has 1 aromatic heterocycles. The van der Waals surface area contributed by atoms with Crippen LogP contribution in [0.3, 0.4) is 0 Å². The van der Waals surface area contributed by atoms with E-state index in [1.54, 1.807) is 18.3 Å². The van der Waals surface area contributed by atoms with Crippen molar-refractivity contribution in [2.24, 2.45) is 0 Å². The van der Waals surface area contributed by atoms with E-state index >= 15 is 0 Å². The van der Waals surface area contributed by atoms with Gasteiger partial charge >= 0.3 is 0 Å². The minimum Gasteiger partial charge on any atom is -0.352 e. The monoisotopic (exact) mass is 312 g/mol. The maximum Gasteiger partial charge on any atom is 0.233 e. The molecule has 0 bridgehead atoms. The van der Waals surface area contributed by atoms with Crippen LogP contribution in [0.1, 0.15) is 45.4 Å². The third kappa shape index (κ3) is 4.67. The lowest BCUT2D eigenvalue weighted by molar-refractivity contribution is -0.121. The second-order valence-corrected chi connectivity index (χ2v) is 6.98. The molecule has 1 aliphatic rings. The fourth-order valence-electron chi connectivity index (χ4n) is 2.42. The molecule has 1 heterocycles. The summed E-state index contributed by atoms with van der Waals surface area (Å²) < 4.78 is 0. The number of carbonyl (C=O) groups excluding carboxylic acids is 1. The summed E-state index contributed by atoms with van der Waals surface area (Å²) in [7, 11) is 0. The molecule has 0 unspecified atom stereocenters. The maximum absolute atomic E-state index is 12.2. The minimum atomic E-state index is -0.175. The van der Waals surface area contributed by atoms with E-state index < -0.39 is 0 Å². The molecule has 2 rings (SSSR count). The standard InChI is InChI=1S/C15H21ClN2OS/c1-11(20-15-13(16)9-6-10-17-15)14(19)18-12-7-4-2-3-5-8-12/h6,9-12H,2-5,7-8H2,1H3,(H,18,19)/t11-/m0/s1. The fraction of sp³-hybridized carbons (Fsp3) is 0.600. The first-order valence-corrected chi connectivity index (χ1v) is 8.50. The second kappa shape index (κ2) is 7.89. The van der Waals surface area contributed by atoms with Crippen molar-refractivity contribution >= 4 is 29.3 Å². The highest BCUT2D eigenvalue weighted by Crippen LogP contribution is 2.28. The predicted molar refractivity (Wildman–Crippen MR) is 84.2 cm³/mol. The Labute approximate surface area is 129 Å². The van der Waals surface area contributed by atoms with Gasteiger partial charge in [-0.1, -0.05) is 49.0 Å². The number of hydrogen-bond acceptors (Lipinski definition) is 3. The summed E-state index contributed by atoms with van der Waals surface area (Å²) in [6.45, 7) is 1.90. The zero-order valence-corrected chi connectivity index (χ0v) is 13.3. The second-order valence-electron chi connectivity index (χ2n) is 5.25. The first kappa shape index (κ1) is 15.6. The molecule has 1 aliphatic carbocycles. The van der Waals surface area contributed by atoms with Gasteiger partial charge in [0.25, 0.3) is 0 Å². The molecule has 0 saturated heterocycles. The highest BCUT2D eigenvalue weighted by atomic mass is 35.5. The van der Waals surface area contributed by atoms with Crippen LogP contribution in [0.5, 0.6) is 0 Å². The number of carbonyl (C=O) groups is 1. The number of nitrogens with one attached hydrogen (secondary N) is 1. The minimum absolute atomic E-state index is 0.0867. The van der Waals surface area contributed by atoms with Gasteiger partial charge in [-0.2, -0.15) is 0 Å². The third-order valence-corrected chi connectivity index (χ3v) is 5.12. The molecule has 1 aromatic rings. The van der Waals surface area contributed by atoms with Crippen molar-refractivity contribution in [1.29, 1.82) is 0 Å².